The fraction of sp³-hybridized carbons (Fsp3) is 0.227. The number of rotatable bonds is 3. The Morgan fingerprint density at radius 3 is 2.74 bits per heavy atom. The lowest BCUT2D eigenvalue weighted by Gasteiger charge is -2.26. The van der Waals surface area contributed by atoms with Crippen LogP contribution in [0.15, 0.2) is 41.2 Å². The summed E-state index contributed by atoms with van der Waals surface area (Å²) in [6.45, 7) is 0.395. The third-order valence-electron chi connectivity index (χ3n) is 5.77. The van der Waals surface area contributed by atoms with Crippen molar-refractivity contribution < 1.29 is 29.3 Å². The van der Waals surface area contributed by atoms with Crippen LogP contribution >= 0.6 is 0 Å². The molecule has 31 heavy (non-hydrogen) atoms. The van der Waals surface area contributed by atoms with E-state index < -0.39 is 34.8 Å². The van der Waals surface area contributed by atoms with Gasteiger partial charge in [0.05, 0.1) is 19.2 Å². The number of aliphatic carboxylic acids is 1. The Morgan fingerprint density at radius 2 is 2.00 bits per heavy atom. The number of hydrogen-bond donors (Lipinski definition) is 2. The van der Waals surface area contributed by atoms with Gasteiger partial charge < -0.3 is 24.3 Å². The van der Waals surface area contributed by atoms with Crippen LogP contribution in [0.3, 0.4) is 0 Å². The Kier molecular flexibility index (Phi) is 4.14. The van der Waals surface area contributed by atoms with Crippen molar-refractivity contribution in [2.24, 2.45) is 0 Å². The van der Waals surface area contributed by atoms with Crippen molar-refractivity contribution in [1.29, 1.82) is 0 Å². The van der Waals surface area contributed by atoms with Crippen LogP contribution in [0.4, 0.5) is 5.69 Å². The Bertz CT molecular complexity index is 1330. The van der Waals surface area contributed by atoms with E-state index in [2.05, 4.69) is 0 Å². The zero-order valence-electron chi connectivity index (χ0n) is 16.5. The zero-order chi connectivity index (χ0) is 21.9. The molecule has 2 N–H and O–H groups in total. The van der Waals surface area contributed by atoms with E-state index in [9.17, 15) is 24.6 Å². The summed E-state index contributed by atoms with van der Waals surface area (Å²) in [5.74, 6) is -1.83. The lowest BCUT2D eigenvalue weighted by atomic mass is 10.1. The average Bonchev–Trinajstić information content (AvgIpc) is 3.17. The highest BCUT2D eigenvalue weighted by Gasteiger charge is 2.41. The molecule has 0 saturated heterocycles. The first-order chi connectivity index (χ1) is 14.9. The number of aromatic hydroxyl groups is 1. The molecule has 5 rings (SSSR count). The van der Waals surface area contributed by atoms with Crippen LogP contribution in [-0.2, 0) is 17.8 Å². The number of anilines is 1. The van der Waals surface area contributed by atoms with Gasteiger partial charge in [-0.2, -0.15) is 0 Å². The normalized spacial score (nSPS) is 16.7. The number of carbonyl (C=O) groups is 2. The van der Waals surface area contributed by atoms with E-state index in [-0.39, 0.29) is 25.0 Å². The van der Waals surface area contributed by atoms with Crippen molar-refractivity contribution in [2.75, 3.05) is 18.6 Å². The third-order valence-corrected chi connectivity index (χ3v) is 5.77. The summed E-state index contributed by atoms with van der Waals surface area (Å²) >= 11 is 0. The highest BCUT2D eigenvalue weighted by molar-refractivity contribution is 6.14. The number of methoxy groups -OCH3 is 1. The van der Waals surface area contributed by atoms with Crippen molar-refractivity contribution in [3.05, 3.63) is 57.9 Å². The Morgan fingerprint density at radius 1 is 1.23 bits per heavy atom. The summed E-state index contributed by atoms with van der Waals surface area (Å²) < 4.78 is 12.3. The van der Waals surface area contributed by atoms with Crippen molar-refractivity contribution in [1.82, 2.24) is 4.57 Å². The predicted molar refractivity (Wildman–Crippen MR) is 110 cm³/mol. The molecule has 1 amide bonds. The molecule has 1 aromatic heterocycles. The van der Waals surface area contributed by atoms with Gasteiger partial charge in [-0.15, -0.1) is 0 Å². The monoisotopic (exact) mass is 422 g/mol. The van der Waals surface area contributed by atoms with Gasteiger partial charge in [0.25, 0.3) is 11.5 Å². The summed E-state index contributed by atoms with van der Waals surface area (Å²) in [6.07, 6.45) is 0.117. The predicted octanol–water partition coefficient (Wildman–Crippen LogP) is 1.76. The number of carboxylic acid groups (broad SMARTS) is 1. The maximum absolute atomic E-state index is 13.6. The van der Waals surface area contributed by atoms with Crippen LogP contribution in [-0.4, -0.2) is 46.4 Å². The zero-order valence-corrected chi connectivity index (χ0v) is 16.5. The van der Waals surface area contributed by atoms with Gasteiger partial charge in [-0.1, -0.05) is 18.2 Å². The molecule has 2 aromatic carbocycles. The standard InChI is InChI=1S/C22H18N2O7/c1-30-12-9-13-18-16(10-12)31-7-6-23(18)20(26)17(19(13)25)21(27)24-14-5-3-2-4-11(14)8-15(24)22(28)29/h2-5,9-10,15,25H,6-8H2,1H3,(H,28,29). The van der Waals surface area contributed by atoms with E-state index >= 15 is 0 Å². The third kappa shape index (κ3) is 2.66. The number of nitrogens with zero attached hydrogens (tertiary/aromatic N) is 2. The van der Waals surface area contributed by atoms with E-state index in [1.165, 1.54) is 17.7 Å². The first kappa shape index (κ1) is 19.0. The Hall–Kier alpha value is -4.01. The summed E-state index contributed by atoms with van der Waals surface area (Å²) in [6, 6.07) is 8.76. The second-order valence-corrected chi connectivity index (χ2v) is 7.41. The molecule has 158 valence electrons. The molecule has 3 heterocycles. The number of ether oxygens (including phenoxy) is 2. The lowest BCUT2D eigenvalue weighted by Crippen LogP contribution is -2.45. The first-order valence-corrected chi connectivity index (χ1v) is 9.67. The van der Waals surface area contributed by atoms with Crippen LogP contribution in [0.5, 0.6) is 17.2 Å². The fourth-order valence-electron chi connectivity index (χ4n) is 4.35. The molecule has 9 nitrogen and oxygen atoms in total. The van der Waals surface area contributed by atoms with Crippen molar-refractivity contribution >= 4 is 28.5 Å². The molecule has 1 unspecified atom stereocenters. The number of carbonyl (C=O) groups excluding carboxylic acids is 1. The van der Waals surface area contributed by atoms with Crippen LogP contribution in [0.2, 0.25) is 0 Å². The number of fused-ring (bicyclic) bond motifs is 1. The van der Waals surface area contributed by atoms with Gasteiger partial charge in [-0.05, 0) is 17.7 Å². The van der Waals surface area contributed by atoms with Crippen molar-refractivity contribution in [3.8, 4) is 17.2 Å². The Labute approximate surface area is 175 Å². The molecule has 0 radical (unpaired) electrons. The maximum atomic E-state index is 13.6. The number of para-hydroxylation sites is 1. The number of amides is 1. The van der Waals surface area contributed by atoms with Gasteiger partial charge in [-0.3, -0.25) is 14.5 Å². The molecule has 9 heteroatoms. The molecule has 0 bridgehead atoms. The second kappa shape index (κ2) is 6.76. The van der Waals surface area contributed by atoms with Gasteiger partial charge in [0.1, 0.15) is 35.5 Å². The summed E-state index contributed by atoms with van der Waals surface area (Å²) in [7, 11) is 1.45. The fourth-order valence-corrected chi connectivity index (χ4v) is 4.35. The molecule has 1 atom stereocenters. The van der Waals surface area contributed by atoms with Crippen LogP contribution in [0.25, 0.3) is 10.9 Å². The quantitative estimate of drug-likeness (QED) is 0.660. The number of carboxylic acids is 1. The van der Waals surface area contributed by atoms with Crippen LogP contribution in [0.1, 0.15) is 15.9 Å². The highest BCUT2D eigenvalue weighted by atomic mass is 16.5. The van der Waals surface area contributed by atoms with Crippen molar-refractivity contribution in [2.45, 2.75) is 19.0 Å². The van der Waals surface area contributed by atoms with Gasteiger partial charge >= 0.3 is 5.97 Å². The molecular formula is C22H18N2O7. The summed E-state index contributed by atoms with van der Waals surface area (Å²) in [4.78, 5) is 39.8. The minimum atomic E-state index is -1.19. The smallest absolute Gasteiger partial charge is 0.327 e. The minimum Gasteiger partial charge on any atom is -0.506 e. The number of aromatic nitrogens is 1. The number of benzene rings is 2. The maximum Gasteiger partial charge on any atom is 0.327 e. The average molecular weight is 422 g/mol. The van der Waals surface area contributed by atoms with E-state index in [1.54, 1.807) is 30.3 Å². The van der Waals surface area contributed by atoms with E-state index in [0.29, 0.717) is 28.3 Å². The molecule has 3 aromatic rings. The van der Waals surface area contributed by atoms with Gasteiger partial charge in [0.2, 0.25) is 0 Å². The van der Waals surface area contributed by atoms with Gasteiger partial charge in [0.15, 0.2) is 0 Å². The summed E-state index contributed by atoms with van der Waals surface area (Å²) in [5, 5.41) is 20.9. The van der Waals surface area contributed by atoms with Crippen molar-refractivity contribution in [3.63, 3.8) is 0 Å². The molecule has 0 spiro atoms. The number of hydrogen-bond acceptors (Lipinski definition) is 6. The first-order valence-electron chi connectivity index (χ1n) is 9.67. The molecule has 2 aliphatic rings. The molecule has 0 aliphatic carbocycles. The van der Waals surface area contributed by atoms with Gasteiger partial charge in [-0.25, -0.2) is 4.79 Å². The summed E-state index contributed by atoms with van der Waals surface area (Å²) in [5.41, 5.74) is 0.284. The molecule has 2 aliphatic heterocycles. The number of pyridine rings is 1. The van der Waals surface area contributed by atoms with Crippen LogP contribution in [0, 0.1) is 0 Å². The van der Waals surface area contributed by atoms with E-state index in [1.807, 2.05) is 0 Å². The van der Waals surface area contributed by atoms with E-state index in [4.69, 9.17) is 9.47 Å². The van der Waals surface area contributed by atoms with Crippen LogP contribution < -0.4 is 19.9 Å². The lowest BCUT2D eigenvalue weighted by molar-refractivity contribution is -0.138. The minimum absolute atomic E-state index is 0.117. The molecule has 0 saturated carbocycles. The largest absolute Gasteiger partial charge is 0.506 e. The SMILES string of the molecule is COc1cc2c3c(c1)c(O)c(C(=O)N1c4ccccc4CC1C(=O)O)c(=O)n3CCO2. The Balaban J connectivity index is 1.77. The van der Waals surface area contributed by atoms with E-state index in [0.717, 1.165) is 4.90 Å². The molecular weight excluding hydrogens is 404 g/mol. The second-order valence-electron chi connectivity index (χ2n) is 7.41. The highest BCUT2D eigenvalue weighted by Crippen LogP contribution is 2.40. The topological polar surface area (TPSA) is 118 Å². The van der Waals surface area contributed by atoms with Gasteiger partial charge in [0, 0.05) is 23.6 Å². The molecule has 0 fully saturated rings.